The number of fused-ring (bicyclic) bond motifs is 1. The van der Waals surface area contributed by atoms with Gasteiger partial charge in [0, 0.05) is 29.6 Å². The van der Waals surface area contributed by atoms with Crippen molar-refractivity contribution in [1.82, 2.24) is 29.7 Å². The van der Waals surface area contributed by atoms with Gasteiger partial charge in [0.15, 0.2) is 0 Å². The highest BCUT2D eigenvalue weighted by Gasteiger charge is 2.32. The molecule has 0 unspecified atom stereocenters. The van der Waals surface area contributed by atoms with Crippen LogP contribution in [0.5, 0.6) is 5.75 Å². The van der Waals surface area contributed by atoms with Gasteiger partial charge in [-0.15, -0.1) is 0 Å². The summed E-state index contributed by atoms with van der Waals surface area (Å²) in [6, 6.07) is 3.55. The van der Waals surface area contributed by atoms with E-state index >= 15 is 0 Å². The fraction of sp³-hybridized carbons (Fsp3) is 0.333. The maximum atomic E-state index is 12.5. The van der Waals surface area contributed by atoms with Crippen LogP contribution in [-0.4, -0.2) is 43.1 Å². The van der Waals surface area contributed by atoms with Crippen LogP contribution in [0.2, 0.25) is 10.0 Å². The van der Waals surface area contributed by atoms with E-state index < -0.39 is 0 Å². The lowest BCUT2D eigenvalue weighted by Crippen LogP contribution is -2.37. The number of urea groups is 1. The molecule has 1 saturated carbocycles. The van der Waals surface area contributed by atoms with E-state index in [1.165, 1.54) is 0 Å². The van der Waals surface area contributed by atoms with Crippen molar-refractivity contribution in [3.63, 3.8) is 0 Å². The number of rotatable bonds is 6. The number of nitrogens with zero attached hydrogens (tertiary/aromatic N) is 5. The molecule has 0 saturated heterocycles. The van der Waals surface area contributed by atoms with Crippen molar-refractivity contribution in [2.45, 2.75) is 38.5 Å². The van der Waals surface area contributed by atoms with Crippen molar-refractivity contribution in [1.29, 1.82) is 0 Å². The van der Waals surface area contributed by atoms with Gasteiger partial charge >= 0.3 is 6.03 Å². The summed E-state index contributed by atoms with van der Waals surface area (Å²) < 4.78 is 7.81. The summed E-state index contributed by atoms with van der Waals surface area (Å²) in [6.07, 6.45) is 7.33. The molecule has 5 rings (SSSR count). The topological polar surface area (TPSA) is 111 Å². The SMILES string of the molecule is Nc1nc2c(c(-c3cc(OCCn4ccnc4)c(Cl)cc3Cl)n1)CN(C(=O)NC1CC1)C2. The highest BCUT2D eigenvalue weighted by Crippen LogP contribution is 2.40. The molecule has 166 valence electrons. The lowest BCUT2D eigenvalue weighted by molar-refractivity contribution is 0.197. The van der Waals surface area contributed by atoms with Gasteiger partial charge in [-0.05, 0) is 25.0 Å². The second-order valence-electron chi connectivity index (χ2n) is 7.85. The fourth-order valence-electron chi connectivity index (χ4n) is 3.64. The molecule has 2 aromatic heterocycles. The molecule has 3 aromatic rings. The van der Waals surface area contributed by atoms with E-state index in [-0.39, 0.29) is 18.0 Å². The summed E-state index contributed by atoms with van der Waals surface area (Å²) >= 11 is 12.9. The molecule has 3 heterocycles. The van der Waals surface area contributed by atoms with E-state index in [1.807, 2.05) is 10.8 Å². The minimum Gasteiger partial charge on any atom is -0.490 e. The van der Waals surface area contributed by atoms with Gasteiger partial charge in [-0.3, -0.25) is 0 Å². The Balaban J connectivity index is 1.41. The average Bonchev–Trinajstić information content (AvgIpc) is 3.23. The third-order valence-corrected chi connectivity index (χ3v) is 6.04. The van der Waals surface area contributed by atoms with Crippen molar-refractivity contribution < 1.29 is 9.53 Å². The highest BCUT2D eigenvalue weighted by molar-refractivity contribution is 6.37. The molecule has 32 heavy (non-hydrogen) atoms. The number of ether oxygens (including phenoxy) is 1. The first-order valence-electron chi connectivity index (χ1n) is 10.3. The van der Waals surface area contributed by atoms with Gasteiger partial charge < -0.3 is 25.3 Å². The Labute approximate surface area is 194 Å². The molecule has 2 amide bonds. The zero-order valence-electron chi connectivity index (χ0n) is 17.1. The third-order valence-electron chi connectivity index (χ3n) is 5.43. The van der Waals surface area contributed by atoms with Crippen molar-refractivity contribution >= 4 is 35.2 Å². The number of hydrogen-bond donors (Lipinski definition) is 2. The number of hydrogen-bond acceptors (Lipinski definition) is 6. The molecule has 11 heteroatoms. The molecule has 0 atom stereocenters. The zero-order valence-corrected chi connectivity index (χ0v) is 18.6. The Bertz CT molecular complexity index is 1170. The summed E-state index contributed by atoms with van der Waals surface area (Å²) in [4.78, 5) is 27.1. The molecular formula is C21H21Cl2N7O2. The van der Waals surface area contributed by atoms with Crippen LogP contribution in [0, 0.1) is 0 Å². The third kappa shape index (κ3) is 4.31. The summed E-state index contributed by atoms with van der Waals surface area (Å²) in [5.41, 5.74) is 8.72. The Morgan fingerprint density at radius 2 is 2.06 bits per heavy atom. The van der Waals surface area contributed by atoms with E-state index in [0.717, 1.165) is 18.4 Å². The normalized spacial score (nSPS) is 15.0. The van der Waals surface area contributed by atoms with Crippen molar-refractivity contribution in [2.24, 2.45) is 0 Å². The number of halogens is 2. The number of amides is 2. The molecule has 1 aromatic carbocycles. The van der Waals surface area contributed by atoms with Crippen LogP contribution in [0.1, 0.15) is 24.1 Å². The Morgan fingerprint density at radius 1 is 1.22 bits per heavy atom. The largest absolute Gasteiger partial charge is 0.490 e. The van der Waals surface area contributed by atoms with Crippen LogP contribution in [0.15, 0.2) is 30.9 Å². The van der Waals surface area contributed by atoms with Crippen LogP contribution in [0.3, 0.4) is 0 Å². The summed E-state index contributed by atoms with van der Waals surface area (Å²) in [7, 11) is 0. The lowest BCUT2D eigenvalue weighted by atomic mass is 10.1. The first-order chi connectivity index (χ1) is 15.5. The Kier molecular flexibility index (Phi) is 5.52. The number of benzene rings is 1. The van der Waals surface area contributed by atoms with Crippen LogP contribution < -0.4 is 15.8 Å². The monoisotopic (exact) mass is 473 g/mol. The van der Waals surface area contributed by atoms with E-state index in [0.29, 0.717) is 59.0 Å². The number of nitrogens with one attached hydrogen (secondary N) is 1. The van der Waals surface area contributed by atoms with Crippen molar-refractivity contribution in [3.05, 3.63) is 52.2 Å². The predicted molar refractivity (Wildman–Crippen MR) is 120 cm³/mol. The van der Waals surface area contributed by atoms with E-state index in [2.05, 4.69) is 20.3 Å². The molecular weight excluding hydrogens is 453 g/mol. The lowest BCUT2D eigenvalue weighted by Gasteiger charge is -2.16. The average molecular weight is 474 g/mol. The number of carbonyl (C=O) groups excluding carboxylic acids is 1. The first kappa shape index (κ1) is 20.8. The van der Waals surface area contributed by atoms with Gasteiger partial charge in [-0.2, -0.15) is 0 Å². The van der Waals surface area contributed by atoms with Gasteiger partial charge in [-0.25, -0.2) is 19.7 Å². The number of nitrogens with two attached hydrogens (primary N) is 1. The number of anilines is 1. The Morgan fingerprint density at radius 3 is 2.81 bits per heavy atom. The molecule has 0 spiro atoms. The second-order valence-corrected chi connectivity index (χ2v) is 8.66. The van der Waals surface area contributed by atoms with Gasteiger partial charge in [0.2, 0.25) is 5.95 Å². The molecule has 0 radical (unpaired) electrons. The van der Waals surface area contributed by atoms with Crippen LogP contribution in [0.4, 0.5) is 10.7 Å². The van der Waals surface area contributed by atoms with Gasteiger partial charge in [0.05, 0.1) is 47.4 Å². The zero-order chi connectivity index (χ0) is 22.2. The highest BCUT2D eigenvalue weighted by atomic mass is 35.5. The molecule has 2 aliphatic rings. The summed E-state index contributed by atoms with van der Waals surface area (Å²) in [5, 5.41) is 3.82. The first-order valence-corrected chi connectivity index (χ1v) is 11.0. The van der Waals surface area contributed by atoms with Crippen molar-refractivity contribution in [3.8, 4) is 17.0 Å². The quantitative estimate of drug-likeness (QED) is 0.566. The van der Waals surface area contributed by atoms with Crippen LogP contribution in [-0.2, 0) is 19.6 Å². The molecule has 3 N–H and O–H groups in total. The summed E-state index contributed by atoms with van der Waals surface area (Å²) in [6.45, 7) is 1.76. The number of carbonyl (C=O) groups is 1. The second kappa shape index (κ2) is 8.48. The maximum absolute atomic E-state index is 12.5. The van der Waals surface area contributed by atoms with E-state index in [4.69, 9.17) is 33.7 Å². The van der Waals surface area contributed by atoms with Crippen molar-refractivity contribution in [2.75, 3.05) is 12.3 Å². The molecule has 1 aliphatic heterocycles. The molecule has 1 fully saturated rings. The number of imidazole rings is 1. The Hall–Kier alpha value is -3.04. The minimum atomic E-state index is -0.110. The molecule has 0 bridgehead atoms. The van der Waals surface area contributed by atoms with Gasteiger partial charge in [-0.1, -0.05) is 23.2 Å². The number of nitrogen functional groups attached to an aromatic ring is 1. The minimum absolute atomic E-state index is 0.110. The molecule has 9 nitrogen and oxygen atoms in total. The van der Waals surface area contributed by atoms with E-state index in [1.54, 1.807) is 29.6 Å². The van der Waals surface area contributed by atoms with Gasteiger partial charge in [0.1, 0.15) is 12.4 Å². The standard InChI is InChI=1S/C21H21Cl2N7O2/c22-15-8-16(23)18(32-6-5-29-4-3-25-11-29)7-13(15)19-14-9-30(21(31)26-12-1-2-12)10-17(14)27-20(24)28-19/h3-4,7-8,11-12H,1-2,5-6,9-10H2,(H,26,31)(H2,24,27,28). The fourth-order valence-corrected chi connectivity index (χ4v) is 4.16. The number of aromatic nitrogens is 4. The van der Waals surface area contributed by atoms with E-state index in [9.17, 15) is 4.79 Å². The molecule has 1 aliphatic carbocycles. The maximum Gasteiger partial charge on any atom is 0.318 e. The summed E-state index contributed by atoms with van der Waals surface area (Å²) in [5.74, 6) is 0.607. The predicted octanol–water partition coefficient (Wildman–Crippen LogP) is 3.50. The van der Waals surface area contributed by atoms with Crippen LogP contribution >= 0.6 is 23.2 Å². The smallest absolute Gasteiger partial charge is 0.318 e. The van der Waals surface area contributed by atoms with Gasteiger partial charge in [0.25, 0.3) is 0 Å². The van der Waals surface area contributed by atoms with Crippen LogP contribution in [0.25, 0.3) is 11.3 Å².